The molecule has 0 bridgehead atoms. The van der Waals surface area contributed by atoms with Crippen LogP contribution in [-0.2, 0) is 13.1 Å². The Morgan fingerprint density at radius 3 is 3.06 bits per heavy atom. The molecule has 0 saturated carbocycles. The van der Waals surface area contributed by atoms with E-state index in [1.807, 2.05) is 6.92 Å². The van der Waals surface area contributed by atoms with Gasteiger partial charge in [-0.05, 0) is 20.3 Å². The van der Waals surface area contributed by atoms with Crippen molar-refractivity contribution in [1.82, 2.24) is 19.7 Å². The van der Waals surface area contributed by atoms with Gasteiger partial charge in [-0.1, -0.05) is 0 Å². The molecule has 6 heteroatoms. The van der Waals surface area contributed by atoms with Gasteiger partial charge in [-0.15, -0.1) is 10.2 Å². The number of aliphatic hydroxyl groups is 1. The molecule has 3 N–H and O–H groups in total. The van der Waals surface area contributed by atoms with Crippen LogP contribution in [0.4, 0.5) is 0 Å². The van der Waals surface area contributed by atoms with Crippen LogP contribution in [0, 0.1) is 0 Å². The van der Waals surface area contributed by atoms with E-state index in [4.69, 9.17) is 5.73 Å². The van der Waals surface area contributed by atoms with E-state index in [0.29, 0.717) is 6.04 Å². The maximum Gasteiger partial charge on any atom is 0.147 e. The lowest BCUT2D eigenvalue weighted by Gasteiger charge is -2.36. The highest BCUT2D eigenvalue weighted by molar-refractivity contribution is 4.93. The van der Waals surface area contributed by atoms with E-state index in [1.54, 1.807) is 6.33 Å². The first-order valence-corrected chi connectivity index (χ1v) is 6.02. The van der Waals surface area contributed by atoms with Gasteiger partial charge in [-0.25, -0.2) is 0 Å². The molecule has 1 aromatic rings. The summed E-state index contributed by atoms with van der Waals surface area (Å²) in [6.07, 6.45) is 2.55. The van der Waals surface area contributed by atoms with Crippen LogP contribution in [0.15, 0.2) is 6.33 Å². The van der Waals surface area contributed by atoms with E-state index in [0.717, 1.165) is 31.9 Å². The number of nitrogens with two attached hydrogens (primary N) is 1. The lowest BCUT2D eigenvalue weighted by atomic mass is 9.95. The highest BCUT2D eigenvalue weighted by atomic mass is 16.3. The topological polar surface area (TPSA) is 80.2 Å². The summed E-state index contributed by atoms with van der Waals surface area (Å²) in [6, 6.07) is 0.336. The molecule has 0 spiro atoms. The van der Waals surface area contributed by atoms with Crippen LogP contribution in [0.3, 0.4) is 0 Å². The lowest BCUT2D eigenvalue weighted by Crippen LogP contribution is -2.48. The van der Waals surface area contributed by atoms with Crippen molar-refractivity contribution < 1.29 is 5.11 Å². The first-order chi connectivity index (χ1) is 8.02. The Kier molecular flexibility index (Phi) is 3.46. The van der Waals surface area contributed by atoms with Crippen molar-refractivity contribution in [3.63, 3.8) is 0 Å². The van der Waals surface area contributed by atoms with E-state index in [-0.39, 0.29) is 6.61 Å². The quantitative estimate of drug-likeness (QED) is 0.746. The zero-order chi connectivity index (χ0) is 12.5. The second-order valence-electron chi connectivity index (χ2n) is 5.28. The lowest BCUT2D eigenvalue weighted by molar-refractivity contribution is 0.114. The highest BCUT2D eigenvalue weighted by Crippen LogP contribution is 2.18. The third-order valence-corrected chi connectivity index (χ3v) is 3.41. The summed E-state index contributed by atoms with van der Waals surface area (Å²) in [4.78, 5) is 2.34. The molecule has 17 heavy (non-hydrogen) atoms. The molecule has 2 heterocycles. The van der Waals surface area contributed by atoms with Gasteiger partial charge in [0.25, 0.3) is 0 Å². The smallest absolute Gasteiger partial charge is 0.147 e. The number of hydrogen-bond acceptors (Lipinski definition) is 5. The Bertz CT molecular complexity index is 376. The largest absolute Gasteiger partial charge is 0.394 e. The van der Waals surface area contributed by atoms with Gasteiger partial charge in [-0.2, -0.15) is 0 Å². The minimum Gasteiger partial charge on any atom is -0.394 e. The van der Waals surface area contributed by atoms with Crippen molar-refractivity contribution in [3.05, 3.63) is 12.2 Å². The second-order valence-corrected chi connectivity index (χ2v) is 5.28. The summed E-state index contributed by atoms with van der Waals surface area (Å²) < 4.78 is 2.08. The summed E-state index contributed by atoms with van der Waals surface area (Å²) >= 11 is 0. The molecule has 1 aliphatic heterocycles. The Morgan fingerprint density at radius 1 is 1.59 bits per heavy atom. The molecule has 0 aromatic carbocycles. The highest BCUT2D eigenvalue weighted by Gasteiger charge is 2.27. The normalized spacial score (nSPS) is 21.9. The number of hydrogen-bond donors (Lipinski definition) is 2. The number of aliphatic hydroxyl groups excluding tert-OH is 1. The van der Waals surface area contributed by atoms with E-state index in [1.165, 1.54) is 0 Å². The van der Waals surface area contributed by atoms with Gasteiger partial charge in [0, 0.05) is 24.7 Å². The van der Waals surface area contributed by atoms with E-state index in [9.17, 15) is 5.11 Å². The van der Waals surface area contributed by atoms with Crippen LogP contribution in [0.1, 0.15) is 26.1 Å². The van der Waals surface area contributed by atoms with Crippen LogP contribution in [0.25, 0.3) is 0 Å². The summed E-state index contributed by atoms with van der Waals surface area (Å²) in [5.74, 6) is 1.01. The summed E-state index contributed by atoms with van der Waals surface area (Å²) in [5.41, 5.74) is 5.48. The molecule has 2 rings (SSSR count). The average molecular weight is 239 g/mol. The van der Waals surface area contributed by atoms with Gasteiger partial charge in [0.2, 0.25) is 0 Å². The molecule has 0 fully saturated rings. The maximum atomic E-state index is 9.20. The second kappa shape index (κ2) is 4.72. The molecule has 1 aromatic heterocycles. The standard InChI is InChI=1S/C11H21N5O/c1-9(5-11(2,12)7-17)15-3-4-16-8-13-14-10(16)6-15/h8-9,17H,3-7,12H2,1-2H3. The minimum absolute atomic E-state index is 0.0152. The molecule has 0 amide bonds. The van der Waals surface area contributed by atoms with Crippen molar-refractivity contribution in [2.45, 2.75) is 44.9 Å². The van der Waals surface area contributed by atoms with Gasteiger partial charge >= 0.3 is 0 Å². The zero-order valence-corrected chi connectivity index (χ0v) is 10.5. The molecule has 0 radical (unpaired) electrons. The van der Waals surface area contributed by atoms with Gasteiger partial charge in [-0.3, -0.25) is 4.90 Å². The fourth-order valence-corrected chi connectivity index (χ4v) is 2.33. The van der Waals surface area contributed by atoms with Gasteiger partial charge < -0.3 is 15.4 Å². The zero-order valence-electron chi connectivity index (χ0n) is 10.5. The van der Waals surface area contributed by atoms with Crippen LogP contribution >= 0.6 is 0 Å². The van der Waals surface area contributed by atoms with Crippen LogP contribution < -0.4 is 5.73 Å². The Balaban J connectivity index is 1.96. The van der Waals surface area contributed by atoms with Gasteiger partial charge in [0.1, 0.15) is 12.2 Å². The van der Waals surface area contributed by atoms with Crippen LogP contribution in [0.5, 0.6) is 0 Å². The van der Waals surface area contributed by atoms with Gasteiger partial charge in [0.15, 0.2) is 0 Å². The Hall–Kier alpha value is -0.980. The number of aromatic nitrogens is 3. The predicted molar refractivity (Wildman–Crippen MR) is 64.2 cm³/mol. The number of rotatable bonds is 4. The maximum absolute atomic E-state index is 9.20. The van der Waals surface area contributed by atoms with E-state index < -0.39 is 5.54 Å². The average Bonchev–Trinajstić information content (AvgIpc) is 2.75. The molecule has 96 valence electrons. The van der Waals surface area contributed by atoms with E-state index >= 15 is 0 Å². The number of nitrogens with zero attached hydrogens (tertiary/aromatic N) is 4. The van der Waals surface area contributed by atoms with Crippen molar-refractivity contribution in [1.29, 1.82) is 0 Å². The molecule has 0 saturated heterocycles. The first-order valence-electron chi connectivity index (χ1n) is 6.02. The Labute approximate surface area is 101 Å². The fraction of sp³-hybridized carbons (Fsp3) is 0.818. The minimum atomic E-state index is -0.509. The van der Waals surface area contributed by atoms with Crippen molar-refractivity contribution in [2.24, 2.45) is 5.73 Å². The van der Waals surface area contributed by atoms with Crippen LogP contribution in [-0.4, -0.2) is 49.5 Å². The summed E-state index contributed by atoms with van der Waals surface area (Å²) in [6.45, 7) is 6.76. The van der Waals surface area contributed by atoms with Gasteiger partial charge in [0.05, 0.1) is 13.2 Å². The predicted octanol–water partition coefficient (Wildman–Crippen LogP) is -0.418. The molecule has 1 aliphatic rings. The summed E-state index contributed by atoms with van der Waals surface area (Å²) in [5, 5.41) is 17.2. The van der Waals surface area contributed by atoms with Crippen molar-refractivity contribution in [2.75, 3.05) is 13.2 Å². The molecular formula is C11H21N5O. The third kappa shape index (κ3) is 2.83. The van der Waals surface area contributed by atoms with Crippen molar-refractivity contribution >= 4 is 0 Å². The fourth-order valence-electron chi connectivity index (χ4n) is 2.33. The van der Waals surface area contributed by atoms with Crippen molar-refractivity contribution in [3.8, 4) is 0 Å². The SMILES string of the molecule is CC(CC(C)(N)CO)N1CCn2cnnc2C1. The molecule has 0 aliphatic carbocycles. The molecular weight excluding hydrogens is 218 g/mol. The third-order valence-electron chi connectivity index (χ3n) is 3.41. The first kappa shape index (κ1) is 12.5. The van der Waals surface area contributed by atoms with Crippen LogP contribution in [0.2, 0.25) is 0 Å². The summed E-state index contributed by atoms with van der Waals surface area (Å²) in [7, 11) is 0. The Morgan fingerprint density at radius 2 is 2.35 bits per heavy atom. The molecule has 2 atom stereocenters. The van der Waals surface area contributed by atoms with E-state index in [2.05, 4.69) is 26.6 Å². The molecule has 2 unspecified atom stereocenters. The number of fused-ring (bicyclic) bond motifs is 1. The molecule has 6 nitrogen and oxygen atoms in total. The monoisotopic (exact) mass is 239 g/mol.